The van der Waals surface area contributed by atoms with Crippen LogP contribution in [0.2, 0.25) is 0 Å². The van der Waals surface area contributed by atoms with E-state index in [0.717, 1.165) is 51.6 Å². The van der Waals surface area contributed by atoms with Gasteiger partial charge in [0.1, 0.15) is 40.8 Å². The topological polar surface area (TPSA) is 102 Å². The standard InChI is InChI=1S/C40H48F2N6O5/c1-6-28-31(41)12-9-24-17-27(52-23-50-5)18-29(32(24)28)34-33(42)35-30(19-43-34)36(45-37(44-35)51-22-40-13-7-15-47(40)16-8-14-40)48-25-10-11-26(48)21-46(20-25)38(49)53-39(2,3)4/h9,12,17-19,25-26H,6-8,10-11,13-16,20-23H2,1-5H3/t25-,26+. The molecule has 282 valence electrons. The second-order valence-corrected chi connectivity index (χ2v) is 15.9. The van der Waals surface area contributed by atoms with Crippen LogP contribution >= 0.6 is 0 Å². The summed E-state index contributed by atoms with van der Waals surface area (Å²) >= 11 is 0. The van der Waals surface area contributed by atoms with Crippen LogP contribution in [0.25, 0.3) is 32.9 Å². The third-order valence-electron chi connectivity index (χ3n) is 11.4. The molecular formula is C40H48F2N6O5. The number of benzene rings is 2. The van der Waals surface area contributed by atoms with Gasteiger partial charge < -0.3 is 28.7 Å². The third-order valence-corrected chi connectivity index (χ3v) is 11.4. The minimum absolute atomic E-state index is 0.0138. The average molecular weight is 731 g/mol. The van der Waals surface area contributed by atoms with Gasteiger partial charge in [-0.1, -0.05) is 13.0 Å². The molecule has 0 N–H and O–H groups in total. The first-order valence-corrected chi connectivity index (χ1v) is 18.9. The van der Waals surface area contributed by atoms with E-state index in [1.165, 1.54) is 13.2 Å². The van der Waals surface area contributed by atoms with Crippen molar-refractivity contribution >= 4 is 33.6 Å². The van der Waals surface area contributed by atoms with Gasteiger partial charge in [0.25, 0.3) is 0 Å². The second-order valence-electron chi connectivity index (χ2n) is 15.9. The molecule has 0 radical (unpaired) electrons. The van der Waals surface area contributed by atoms with Gasteiger partial charge in [0, 0.05) is 44.0 Å². The van der Waals surface area contributed by atoms with E-state index < -0.39 is 11.4 Å². The summed E-state index contributed by atoms with van der Waals surface area (Å²) in [6.07, 6.45) is 7.65. The molecule has 6 heterocycles. The summed E-state index contributed by atoms with van der Waals surface area (Å²) < 4.78 is 55.8. The number of ether oxygens (including phenoxy) is 4. The summed E-state index contributed by atoms with van der Waals surface area (Å²) in [6.45, 7) is 10.8. The molecule has 11 nitrogen and oxygen atoms in total. The number of amides is 1. The fourth-order valence-corrected chi connectivity index (χ4v) is 9.09. The largest absolute Gasteiger partial charge is 0.468 e. The van der Waals surface area contributed by atoms with Gasteiger partial charge in [-0.2, -0.15) is 9.97 Å². The van der Waals surface area contributed by atoms with Crippen molar-refractivity contribution in [3.8, 4) is 23.0 Å². The first kappa shape index (κ1) is 35.7. The Bertz CT molecular complexity index is 2030. The maximum absolute atomic E-state index is 17.4. The molecule has 4 fully saturated rings. The highest BCUT2D eigenvalue weighted by molar-refractivity contribution is 6.02. The van der Waals surface area contributed by atoms with Crippen molar-refractivity contribution in [2.75, 3.05) is 51.6 Å². The van der Waals surface area contributed by atoms with Crippen molar-refractivity contribution in [2.24, 2.45) is 0 Å². The van der Waals surface area contributed by atoms with Gasteiger partial charge in [0.15, 0.2) is 12.6 Å². The van der Waals surface area contributed by atoms with Gasteiger partial charge in [-0.05, 0) is 113 Å². The van der Waals surface area contributed by atoms with Crippen molar-refractivity contribution < 1.29 is 32.5 Å². The number of carbonyl (C=O) groups excluding carboxylic acids is 1. The van der Waals surface area contributed by atoms with Crippen molar-refractivity contribution in [1.82, 2.24) is 24.8 Å². The molecule has 2 aromatic heterocycles. The van der Waals surface area contributed by atoms with E-state index in [1.807, 2.05) is 27.7 Å². The number of likely N-dealkylation sites (tertiary alicyclic amines) is 1. The Morgan fingerprint density at radius 3 is 2.43 bits per heavy atom. The zero-order valence-electron chi connectivity index (χ0n) is 31.2. The lowest BCUT2D eigenvalue weighted by Crippen LogP contribution is -2.56. The molecule has 8 rings (SSSR count). The van der Waals surface area contributed by atoms with Crippen LogP contribution in [0.1, 0.15) is 71.8 Å². The fourth-order valence-electron chi connectivity index (χ4n) is 9.09. The Morgan fingerprint density at radius 1 is 1.02 bits per heavy atom. The first-order valence-electron chi connectivity index (χ1n) is 18.9. The van der Waals surface area contributed by atoms with Crippen molar-refractivity contribution in [1.29, 1.82) is 0 Å². The highest BCUT2D eigenvalue weighted by Gasteiger charge is 2.46. The Labute approximate surface area is 308 Å². The maximum atomic E-state index is 17.4. The van der Waals surface area contributed by atoms with Crippen LogP contribution in [0.5, 0.6) is 11.8 Å². The van der Waals surface area contributed by atoms with Gasteiger partial charge in [0.2, 0.25) is 0 Å². The van der Waals surface area contributed by atoms with Crippen molar-refractivity contribution in [2.45, 2.75) is 95.9 Å². The molecule has 2 atom stereocenters. The van der Waals surface area contributed by atoms with Gasteiger partial charge in [-0.15, -0.1) is 0 Å². The molecule has 13 heteroatoms. The predicted molar refractivity (Wildman–Crippen MR) is 197 cm³/mol. The number of anilines is 1. The minimum atomic E-state index is -0.659. The molecule has 1 amide bonds. The number of halogens is 2. The number of fused-ring (bicyclic) bond motifs is 5. The normalized spacial score (nSPS) is 21.1. The number of methoxy groups -OCH3 is 1. The lowest BCUT2D eigenvalue weighted by Gasteiger charge is -2.42. The van der Waals surface area contributed by atoms with E-state index in [9.17, 15) is 4.79 Å². The van der Waals surface area contributed by atoms with Crippen LogP contribution in [0.4, 0.5) is 19.4 Å². The summed E-state index contributed by atoms with van der Waals surface area (Å²) in [7, 11) is 1.52. The highest BCUT2D eigenvalue weighted by Crippen LogP contribution is 2.43. The van der Waals surface area contributed by atoms with Crippen LogP contribution in [-0.4, -0.2) is 101 Å². The van der Waals surface area contributed by atoms with E-state index in [2.05, 4.69) is 9.80 Å². The van der Waals surface area contributed by atoms with Crippen LogP contribution < -0.4 is 14.4 Å². The van der Waals surface area contributed by atoms with E-state index >= 15 is 8.78 Å². The lowest BCUT2D eigenvalue weighted by atomic mass is 9.94. The minimum Gasteiger partial charge on any atom is -0.468 e. The second kappa shape index (κ2) is 13.8. The zero-order chi connectivity index (χ0) is 37.1. The monoisotopic (exact) mass is 730 g/mol. The summed E-state index contributed by atoms with van der Waals surface area (Å²) in [5.41, 5.74) is 0.268. The molecular weight excluding hydrogens is 682 g/mol. The van der Waals surface area contributed by atoms with Crippen molar-refractivity contribution in [3.05, 3.63) is 47.7 Å². The summed E-state index contributed by atoms with van der Waals surface area (Å²) in [4.78, 5) is 34.1. The molecule has 4 aliphatic rings. The van der Waals surface area contributed by atoms with E-state index in [4.69, 9.17) is 33.9 Å². The number of carbonyl (C=O) groups is 1. The molecule has 53 heavy (non-hydrogen) atoms. The van der Waals surface area contributed by atoms with E-state index in [-0.39, 0.29) is 53.5 Å². The molecule has 2 bridgehead atoms. The van der Waals surface area contributed by atoms with Crippen LogP contribution in [0, 0.1) is 11.6 Å². The van der Waals surface area contributed by atoms with Gasteiger partial charge >= 0.3 is 12.1 Å². The summed E-state index contributed by atoms with van der Waals surface area (Å²) in [5, 5.41) is 1.70. The Balaban J connectivity index is 1.25. The number of hydrogen-bond donors (Lipinski definition) is 0. The van der Waals surface area contributed by atoms with Gasteiger partial charge in [-0.3, -0.25) is 9.88 Å². The Kier molecular flexibility index (Phi) is 9.29. The Morgan fingerprint density at radius 2 is 1.75 bits per heavy atom. The molecule has 4 saturated heterocycles. The molecule has 0 saturated carbocycles. The number of aromatic nitrogens is 3. The Hall–Kier alpha value is -4.36. The number of hydrogen-bond acceptors (Lipinski definition) is 10. The number of rotatable bonds is 9. The van der Waals surface area contributed by atoms with Crippen LogP contribution in [-0.2, 0) is 15.9 Å². The number of piperazine rings is 1. The fraction of sp³-hybridized carbons (Fsp3) is 0.550. The molecule has 0 aliphatic carbocycles. The zero-order valence-corrected chi connectivity index (χ0v) is 31.2. The lowest BCUT2D eigenvalue weighted by molar-refractivity contribution is 0.0209. The van der Waals surface area contributed by atoms with Crippen LogP contribution in [0.3, 0.4) is 0 Å². The number of aryl methyl sites for hydroxylation is 1. The van der Waals surface area contributed by atoms with Crippen molar-refractivity contribution in [3.63, 3.8) is 0 Å². The molecule has 4 aliphatic heterocycles. The van der Waals surface area contributed by atoms with Crippen LogP contribution in [0.15, 0.2) is 30.5 Å². The van der Waals surface area contributed by atoms with Gasteiger partial charge in [-0.25, -0.2) is 13.6 Å². The van der Waals surface area contributed by atoms with E-state index in [1.54, 1.807) is 29.3 Å². The molecule has 4 aromatic rings. The predicted octanol–water partition coefficient (Wildman–Crippen LogP) is 7.26. The van der Waals surface area contributed by atoms with E-state index in [0.29, 0.717) is 65.0 Å². The third kappa shape index (κ3) is 6.49. The number of nitrogens with zero attached hydrogens (tertiary/aromatic N) is 6. The molecule has 0 spiro atoms. The SMILES string of the molecule is CCc1c(F)ccc2cc(OCOC)cc(-c3ncc4c(N5[C@@H]6CC[C@H]5CN(C(=O)OC(C)(C)C)C6)nc(OCC56CCCN5CCC6)nc4c3F)c12. The summed E-state index contributed by atoms with van der Waals surface area (Å²) in [6, 6.07) is 6.53. The highest BCUT2D eigenvalue weighted by atomic mass is 19.1. The smallest absolute Gasteiger partial charge is 0.410 e. The average Bonchev–Trinajstić information content (AvgIpc) is 3.79. The molecule has 2 aromatic carbocycles. The van der Waals surface area contributed by atoms with Gasteiger partial charge in [0.05, 0.1) is 10.9 Å². The summed E-state index contributed by atoms with van der Waals surface area (Å²) in [5.74, 6) is -0.0581. The maximum Gasteiger partial charge on any atom is 0.410 e. The number of pyridine rings is 1. The quantitative estimate of drug-likeness (QED) is 0.164. The first-order chi connectivity index (χ1) is 25.5. The molecule has 0 unspecified atom stereocenters.